The average Bonchev–Trinajstić information content (AvgIpc) is 3.35. The van der Waals surface area contributed by atoms with Crippen LogP contribution in [0.3, 0.4) is 0 Å². The summed E-state index contributed by atoms with van der Waals surface area (Å²) in [5, 5.41) is 7.43. The van der Waals surface area contributed by atoms with E-state index >= 15 is 0 Å². The van der Waals surface area contributed by atoms with Crippen molar-refractivity contribution >= 4 is 47.5 Å². The van der Waals surface area contributed by atoms with Crippen LogP contribution in [0.15, 0.2) is 47.0 Å². The van der Waals surface area contributed by atoms with Crippen molar-refractivity contribution < 1.29 is 23.6 Å². The number of alkyl carbamates (subject to hydrolysis) is 1. The molecule has 0 saturated heterocycles. The maximum Gasteiger partial charge on any atom is 0.407 e. The number of nitrogens with one attached hydrogen (secondary N) is 1. The molecule has 3 rings (SSSR count). The van der Waals surface area contributed by atoms with Gasteiger partial charge in [0.25, 0.3) is 0 Å². The number of nitrogens with zero attached hydrogens (tertiary/aromatic N) is 2. The molecule has 12 heteroatoms. The van der Waals surface area contributed by atoms with Gasteiger partial charge in [-0.3, -0.25) is 4.79 Å². The first kappa shape index (κ1) is 31.4. The van der Waals surface area contributed by atoms with Crippen molar-refractivity contribution in [3.63, 3.8) is 0 Å². The number of amides is 1. The lowest BCUT2D eigenvalue weighted by Crippen LogP contribution is -2.41. The molecule has 38 heavy (non-hydrogen) atoms. The fourth-order valence-electron chi connectivity index (χ4n) is 3.52. The number of carbonyl (C=O) groups excluding carboxylic acids is 2. The van der Waals surface area contributed by atoms with Gasteiger partial charge in [0.15, 0.2) is 0 Å². The van der Waals surface area contributed by atoms with E-state index in [-0.39, 0.29) is 30.7 Å². The SMILES string of the molecule is CCOC(=O)N[C@@H](CCCCN)C(=O)c1noc(Cc2ccc(OCCc3ccc(Cl)c(Cl)c3)cc2)n1.Cl. The molecule has 3 aromatic rings. The largest absolute Gasteiger partial charge is 0.493 e. The second kappa shape index (κ2) is 16.2. The Morgan fingerprint density at radius 2 is 1.82 bits per heavy atom. The molecule has 0 fully saturated rings. The second-order valence-corrected chi connectivity index (χ2v) is 9.06. The summed E-state index contributed by atoms with van der Waals surface area (Å²) >= 11 is 12.0. The Labute approximate surface area is 237 Å². The lowest BCUT2D eigenvalue weighted by molar-refractivity contribution is 0.0903. The predicted molar refractivity (Wildman–Crippen MR) is 148 cm³/mol. The maximum absolute atomic E-state index is 12.9. The van der Waals surface area contributed by atoms with Crippen LogP contribution in [-0.2, 0) is 17.6 Å². The average molecular weight is 586 g/mol. The Balaban J connectivity index is 0.00000507. The molecule has 1 atom stereocenters. The highest BCUT2D eigenvalue weighted by Crippen LogP contribution is 2.23. The van der Waals surface area contributed by atoms with Crippen LogP contribution >= 0.6 is 35.6 Å². The molecule has 0 saturated carbocycles. The molecule has 0 aliphatic carbocycles. The van der Waals surface area contributed by atoms with Gasteiger partial charge in [-0.05, 0) is 68.1 Å². The predicted octanol–water partition coefficient (Wildman–Crippen LogP) is 5.44. The van der Waals surface area contributed by atoms with E-state index in [2.05, 4.69) is 15.5 Å². The molecular formula is C26H31Cl3N4O5. The molecule has 0 aliphatic rings. The van der Waals surface area contributed by atoms with Gasteiger partial charge in [-0.2, -0.15) is 4.98 Å². The summed E-state index contributed by atoms with van der Waals surface area (Å²) in [6.07, 6.45) is 2.14. The molecule has 1 amide bonds. The number of carbonyl (C=O) groups is 2. The van der Waals surface area contributed by atoms with Crippen molar-refractivity contribution in [2.75, 3.05) is 19.8 Å². The van der Waals surface area contributed by atoms with Gasteiger partial charge in [-0.15, -0.1) is 12.4 Å². The third-order valence-corrected chi connectivity index (χ3v) is 6.18. The molecule has 0 bridgehead atoms. The van der Waals surface area contributed by atoms with E-state index in [0.29, 0.717) is 48.9 Å². The minimum absolute atomic E-state index is 0. The zero-order chi connectivity index (χ0) is 26.6. The zero-order valence-electron chi connectivity index (χ0n) is 21.0. The van der Waals surface area contributed by atoms with Crippen LogP contribution in [-0.4, -0.2) is 47.8 Å². The van der Waals surface area contributed by atoms with E-state index in [1.54, 1.807) is 13.0 Å². The second-order valence-electron chi connectivity index (χ2n) is 8.25. The monoisotopic (exact) mass is 584 g/mol. The smallest absolute Gasteiger partial charge is 0.407 e. The molecule has 0 spiro atoms. The fraction of sp³-hybridized carbons (Fsp3) is 0.385. The molecule has 1 aromatic heterocycles. The van der Waals surface area contributed by atoms with Gasteiger partial charge in [0.05, 0.1) is 35.7 Å². The molecule has 2 aromatic carbocycles. The molecule has 0 unspecified atom stereocenters. The topological polar surface area (TPSA) is 130 Å². The van der Waals surface area contributed by atoms with Crippen LogP contribution in [0.2, 0.25) is 10.0 Å². The van der Waals surface area contributed by atoms with Crippen LogP contribution in [0.5, 0.6) is 5.75 Å². The van der Waals surface area contributed by atoms with Crippen LogP contribution in [0.1, 0.15) is 53.8 Å². The number of rotatable bonds is 14. The summed E-state index contributed by atoms with van der Waals surface area (Å²) in [5.41, 5.74) is 7.48. The van der Waals surface area contributed by atoms with Crippen molar-refractivity contribution in [3.05, 3.63) is 75.4 Å². The van der Waals surface area contributed by atoms with Gasteiger partial charge in [0, 0.05) is 6.42 Å². The van der Waals surface area contributed by atoms with E-state index in [4.69, 9.17) is 42.9 Å². The number of hydrogen-bond donors (Lipinski definition) is 2. The first-order valence-corrected chi connectivity index (χ1v) is 12.8. The zero-order valence-corrected chi connectivity index (χ0v) is 23.3. The number of halogens is 3. The number of Topliss-reactive ketones (excluding diaryl/α,β-unsaturated/α-hetero) is 1. The van der Waals surface area contributed by atoms with Crippen LogP contribution in [0, 0.1) is 0 Å². The number of unbranched alkanes of at least 4 members (excludes halogenated alkanes) is 1. The lowest BCUT2D eigenvalue weighted by atomic mass is 10.0. The molecule has 206 valence electrons. The Morgan fingerprint density at radius 3 is 2.50 bits per heavy atom. The number of nitrogens with two attached hydrogens (primary N) is 1. The summed E-state index contributed by atoms with van der Waals surface area (Å²) < 4.78 is 16.0. The van der Waals surface area contributed by atoms with Crippen molar-refractivity contribution in [3.8, 4) is 5.75 Å². The molecule has 0 radical (unpaired) electrons. The summed E-state index contributed by atoms with van der Waals surface area (Å²) in [5.74, 6) is 0.474. The van der Waals surface area contributed by atoms with E-state index in [9.17, 15) is 9.59 Å². The van der Waals surface area contributed by atoms with Crippen LogP contribution < -0.4 is 15.8 Å². The standard InChI is InChI=1S/C26H30Cl2N4O5.ClH/c1-2-35-26(34)30-22(5-3-4-13-29)24(33)25-31-23(37-32-25)16-17-6-9-19(10-7-17)36-14-12-18-8-11-20(27)21(28)15-18;/h6-11,15,22H,2-5,12-14,16,29H2,1H3,(H,30,34);1H/t22-;/m0./s1. The Kier molecular flexibility index (Phi) is 13.4. The molecule has 9 nitrogen and oxygen atoms in total. The number of hydrogen-bond acceptors (Lipinski definition) is 8. The summed E-state index contributed by atoms with van der Waals surface area (Å²) in [4.78, 5) is 29.0. The van der Waals surface area contributed by atoms with Gasteiger partial charge >= 0.3 is 6.09 Å². The third kappa shape index (κ3) is 9.79. The van der Waals surface area contributed by atoms with E-state index in [0.717, 1.165) is 23.3 Å². The number of aromatic nitrogens is 2. The van der Waals surface area contributed by atoms with Gasteiger partial charge in [0.1, 0.15) is 5.75 Å². The molecule has 0 aliphatic heterocycles. The molecular weight excluding hydrogens is 555 g/mol. The first-order valence-electron chi connectivity index (χ1n) is 12.1. The summed E-state index contributed by atoms with van der Waals surface area (Å²) in [7, 11) is 0. The maximum atomic E-state index is 12.9. The van der Waals surface area contributed by atoms with Crippen molar-refractivity contribution in [1.82, 2.24) is 15.5 Å². The highest BCUT2D eigenvalue weighted by Gasteiger charge is 2.26. The summed E-state index contributed by atoms with van der Waals surface area (Å²) in [6.45, 7) is 2.86. The number of ketones is 1. The first-order chi connectivity index (χ1) is 17.9. The van der Waals surface area contributed by atoms with Crippen LogP contribution in [0.25, 0.3) is 0 Å². The summed E-state index contributed by atoms with van der Waals surface area (Å²) in [6, 6.07) is 12.2. The Morgan fingerprint density at radius 1 is 1.08 bits per heavy atom. The molecule has 1 heterocycles. The minimum atomic E-state index is -0.823. The number of benzene rings is 2. The van der Waals surface area contributed by atoms with Crippen molar-refractivity contribution in [2.24, 2.45) is 5.73 Å². The van der Waals surface area contributed by atoms with E-state index in [1.807, 2.05) is 36.4 Å². The van der Waals surface area contributed by atoms with Gasteiger partial charge in [0.2, 0.25) is 17.5 Å². The fourth-order valence-corrected chi connectivity index (χ4v) is 3.84. The highest BCUT2D eigenvalue weighted by molar-refractivity contribution is 6.42. The van der Waals surface area contributed by atoms with Crippen molar-refractivity contribution in [1.29, 1.82) is 0 Å². The van der Waals surface area contributed by atoms with Gasteiger partial charge < -0.3 is 25.0 Å². The van der Waals surface area contributed by atoms with Crippen molar-refractivity contribution in [2.45, 2.75) is 45.1 Å². The third-order valence-electron chi connectivity index (χ3n) is 5.44. The van der Waals surface area contributed by atoms with E-state index < -0.39 is 17.9 Å². The quantitative estimate of drug-likeness (QED) is 0.189. The normalized spacial score (nSPS) is 11.4. The minimum Gasteiger partial charge on any atom is -0.493 e. The number of ether oxygens (including phenoxy) is 2. The van der Waals surface area contributed by atoms with E-state index in [1.165, 1.54) is 0 Å². The van der Waals surface area contributed by atoms with Crippen LogP contribution in [0.4, 0.5) is 4.79 Å². The highest BCUT2D eigenvalue weighted by atomic mass is 35.5. The Bertz CT molecular complexity index is 1170. The lowest BCUT2D eigenvalue weighted by Gasteiger charge is -2.15. The van der Waals surface area contributed by atoms with Gasteiger partial charge in [-0.25, -0.2) is 4.79 Å². The Hall–Kier alpha value is -2.85. The molecule has 3 N–H and O–H groups in total. The van der Waals surface area contributed by atoms with Gasteiger partial charge in [-0.1, -0.05) is 46.6 Å².